The van der Waals surface area contributed by atoms with E-state index in [-0.39, 0.29) is 0 Å². The third kappa shape index (κ3) is 1.96. The van der Waals surface area contributed by atoms with E-state index in [1.807, 2.05) is 24.4 Å². The van der Waals surface area contributed by atoms with Crippen LogP contribution in [0.4, 0.5) is 0 Å². The zero-order valence-corrected chi connectivity index (χ0v) is 12.0. The fourth-order valence-electron chi connectivity index (χ4n) is 3.06. The number of aromatic nitrogens is 1. The quantitative estimate of drug-likeness (QED) is 0.867. The Morgan fingerprint density at radius 1 is 1.23 bits per heavy atom. The summed E-state index contributed by atoms with van der Waals surface area (Å²) in [6.45, 7) is 0.515. The molecule has 0 unspecified atom stereocenters. The molecule has 0 fully saturated rings. The molecule has 2 heterocycles. The van der Waals surface area contributed by atoms with Gasteiger partial charge >= 0.3 is 5.97 Å². The smallest absolute Gasteiger partial charge is 0.335 e. The molecule has 4 heteroatoms. The second kappa shape index (κ2) is 4.91. The lowest BCUT2D eigenvalue weighted by atomic mass is 10.00. The molecule has 0 amide bonds. The third-order valence-electron chi connectivity index (χ3n) is 4.12. The van der Waals surface area contributed by atoms with Crippen molar-refractivity contribution >= 4 is 28.6 Å². The lowest BCUT2D eigenvalue weighted by molar-refractivity contribution is 0.0697. The Balaban J connectivity index is 2.01. The Bertz CT molecular complexity index is 868. The fraction of sp³-hybridized carbons (Fsp3) is 0.167. The van der Waals surface area contributed by atoms with Crippen molar-refractivity contribution < 1.29 is 14.6 Å². The van der Waals surface area contributed by atoms with Crippen LogP contribution in [0.5, 0.6) is 0 Å². The van der Waals surface area contributed by atoms with Crippen LogP contribution >= 0.6 is 0 Å². The molecule has 1 aliphatic carbocycles. The van der Waals surface area contributed by atoms with Crippen LogP contribution < -0.4 is 0 Å². The van der Waals surface area contributed by atoms with Gasteiger partial charge in [-0.05, 0) is 43.2 Å². The first-order chi connectivity index (χ1) is 10.7. The molecular weight excluding hydrogens is 278 g/mol. The maximum atomic E-state index is 11.2. The molecule has 1 aromatic carbocycles. The summed E-state index contributed by atoms with van der Waals surface area (Å²) in [6.07, 6.45) is 9.99. The highest BCUT2D eigenvalue weighted by Gasteiger charge is 2.19. The summed E-state index contributed by atoms with van der Waals surface area (Å²) >= 11 is 0. The van der Waals surface area contributed by atoms with Gasteiger partial charge in [-0.15, -0.1) is 0 Å². The van der Waals surface area contributed by atoms with Crippen LogP contribution in [0.1, 0.15) is 28.9 Å². The van der Waals surface area contributed by atoms with Gasteiger partial charge in [0.2, 0.25) is 0 Å². The number of aromatic carboxylic acids is 1. The van der Waals surface area contributed by atoms with Crippen molar-refractivity contribution in [2.24, 2.45) is 0 Å². The number of carboxylic acid groups (broad SMARTS) is 1. The average Bonchev–Trinajstić information content (AvgIpc) is 2.86. The lowest BCUT2D eigenvalue weighted by Gasteiger charge is -2.19. The van der Waals surface area contributed by atoms with E-state index < -0.39 is 5.97 Å². The number of rotatable bonds is 1. The van der Waals surface area contributed by atoms with Gasteiger partial charge in [-0.3, -0.25) is 0 Å². The van der Waals surface area contributed by atoms with Crippen LogP contribution in [0.3, 0.4) is 0 Å². The molecule has 0 bridgehead atoms. The van der Waals surface area contributed by atoms with Crippen molar-refractivity contribution in [3.8, 4) is 0 Å². The van der Waals surface area contributed by atoms with E-state index in [9.17, 15) is 9.90 Å². The van der Waals surface area contributed by atoms with Crippen molar-refractivity contribution in [2.75, 3.05) is 6.61 Å². The van der Waals surface area contributed by atoms with Gasteiger partial charge in [0.15, 0.2) is 0 Å². The SMILES string of the molecule is O=C(O)c1ccc2cc3n(c2c1)/C=C\COC1=C3CCC=C1. The standard InChI is InChI=1S/C18H15NO3/c20-18(21)13-7-6-12-10-16-14-4-1-2-5-17(14)22-9-3-8-19(16)15(12)11-13/h2-3,5-8,10-11H,1,4,9H2,(H,20,21)/b8-3-. The molecule has 4 nitrogen and oxygen atoms in total. The summed E-state index contributed by atoms with van der Waals surface area (Å²) in [4.78, 5) is 11.2. The summed E-state index contributed by atoms with van der Waals surface area (Å²) < 4.78 is 7.87. The number of carbonyl (C=O) groups is 1. The number of allylic oxidation sites excluding steroid dienone is 3. The molecule has 0 saturated heterocycles. The Labute approximate surface area is 127 Å². The monoisotopic (exact) mass is 293 g/mol. The summed E-state index contributed by atoms with van der Waals surface area (Å²) in [5.74, 6) is 0.00854. The molecule has 0 radical (unpaired) electrons. The lowest BCUT2D eigenvalue weighted by Crippen LogP contribution is -2.06. The van der Waals surface area contributed by atoms with E-state index in [2.05, 4.69) is 16.7 Å². The zero-order valence-electron chi connectivity index (χ0n) is 12.0. The van der Waals surface area contributed by atoms with Crippen LogP contribution in [0, 0.1) is 0 Å². The topological polar surface area (TPSA) is 51.5 Å². The largest absolute Gasteiger partial charge is 0.489 e. The van der Waals surface area contributed by atoms with Crippen molar-refractivity contribution in [3.63, 3.8) is 0 Å². The summed E-state index contributed by atoms with van der Waals surface area (Å²) in [7, 11) is 0. The van der Waals surface area contributed by atoms with Crippen LogP contribution in [0.25, 0.3) is 22.7 Å². The van der Waals surface area contributed by atoms with E-state index in [4.69, 9.17) is 4.74 Å². The molecule has 0 spiro atoms. The molecule has 2 aromatic rings. The zero-order chi connectivity index (χ0) is 15.1. The predicted molar refractivity (Wildman–Crippen MR) is 85.5 cm³/mol. The molecule has 2 aliphatic rings. The highest BCUT2D eigenvalue weighted by molar-refractivity contribution is 5.96. The van der Waals surface area contributed by atoms with E-state index in [0.717, 1.165) is 35.2 Å². The Morgan fingerprint density at radius 3 is 3.00 bits per heavy atom. The highest BCUT2D eigenvalue weighted by Crippen LogP contribution is 2.34. The van der Waals surface area contributed by atoms with Crippen molar-refractivity contribution in [1.82, 2.24) is 4.57 Å². The molecule has 0 atom stereocenters. The summed E-state index contributed by atoms with van der Waals surface area (Å²) in [5, 5.41) is 10.2. The van der Waals surface area contributed by atoms with Crippen molar-refractivity contribution in [1.29, 1.82) is 0 Å². The van der Waals surface area contributed by atoms with Crippen molar-refractivity contribution in [3.05, 3.63) is 59.5 Å². The van der Waals surface area contributed by atoms with Crippen LogP contribution in [0.2, 0.25) is 0 Å². The molecule has 0 saturated carbocycles. The number of carboxylic acids is 1. The molecule has 22 heavy (non-hydrogen) atoms. The number of hydrogen-bond donors (Lipinski definition) is 1. The van der Waals surface area contributed by atoms with Crippen LogP contribution in [-0.2, 0) is 4.74 Å². The predicted octanol–water partition coefficient (Wildman–Crippen LogP) is 3.90. The Morgan fingerprint density at radius 2 is 2.14 bits per heavy atom. The number of hydrogen-bond acceptors (Lipinski definition) is 2. The van der Waals surface area contributed by atoms with Gasteiger partial charge in [0, 0.05) is 17.2 Å². The summed E-state index contributed by atoms with van der Waals surface area (Å²) in [5.41, 5.74) is 3.47. The van der Waals surface area contributed by atoms with Gasteiger partial charge in [-0.25, -0.2) is 4.79 Å². The number of benzene rings is 1. The minimum Gasteiger partial charge on any atom is -0.489 e. The van der Waals surface area contributed by atoms with Gasteiger partial charge in [-0.2, -0.15) is 0 Å². The van der Waals surface area contributed by atoms with Gasteiger partial charge in [0.1, 0.15) is 12.4 Å². The van der Waals surface area contributed by atoms with Crippen LogP contribution in [-0.4, -0.2) is 22.2 Å². The molecule has 1 aliphatic heterocycles. The van der Waals surface area contributed by atoms with Gasteiger partial charge in [0.05, 0.1) is 16.8 Å². The second-order valence-corrected chi connectivity index (χ2v) is 5.46. The minimum atomic E-state index is -0.906. The Hall–Kier alpha value is -2.75. The van der Waals surface area contributed by atoms with E-state index in [1.165, 1.54) is 5.57 Å². The second-order valence-electron chi connectivity index (χ2n) is 5.46. The molecule has 1 aromatic heterocycles. The average molecular weight is 293 g/mol. The molecule has 110 valence electrons. The van der Waals surface area contributed by atoms with Gasteiger partial charge in [-0.1, -0.05) is 12.1 Å². The third-order valence-corrected chi connectivity index (χ3v) is 4.12. The highest BCUT2D eigenvalue weighted by atomic mass is 16.5. The number of ether oxygens (including phenoxy) is 1. The van der Waals surface area contributed by atoms with E-state index >= 15 is 0 Å². The fourth-order valence-corrected chi connectivity index (χ4v) is 3.06. The number of nitrogens with zero attached hydrogens (tertiary/aromatic N) is 1. The first-order valence-corrected chi connectivity index (χ1v) is 7.32. The van der Waals surface area contributed by atoms with E-state index in [1.54, 1.807) is 12.1 Å². The van der Waals surface area contributed by atoms with E-state index in [0.29, 0.717) is 12.2 Å². The first-order valence-electron chi connectivity index (χ1n) is 7.32. The van der Waals surface area contributed by atoms with Crippen molar-refractivity contribution in [2.45, 2.75) is 12.8 Å². The molecular formula is C18H15NO3. The minimum absolute atomic E-state index is 0.304. The maximum Gasteiger partial charge on any atom is 0.335 e. The first kappa shape index (κ1) is 13.0. The maximum absolute atomic E-state index is 11.2. The molecule has 4 rings (SSSR count). The summed E-state index contributed by atoms with van der Waals surface area (Å²) in [6, 6.07) is 7.35. The van der Waals surface area contributed by atoms with Gasteiger partial charge in [0.25, 0.3) is 0 Å². The normalized spacial score (nSPS) is 18.2. The van der Waals surface area contributed by atoms with Crippen LogP contribution in [0.15, 0.2) is 48.3 Å². The molecule has 1 N–H and O–H groups in total. The number of fused-ring (bicyclic) bond motifs is 4. The van der Waals surface area contributed by atoms with Gasteiger partial charge < -0.3 is 14.4 Å². The Kier molecular flexibility index (Phi) is 2.89.